The van der Waals surface area contributed by atoms with Gasteiger partial charge in [0.15, 0.2) is 0 Å². The van der Waals surface area contributed by atoms with Crippen LogP contribution < -0.4 is 5.32 Å². The van der Waals surface area contributed by atoms with Crippen molar-refractivity contribution < 1.29 is 14.3 Å². The molecule has 5 heteroatoms. The van der Waals surface area contributed by atoms with Crippen LogP contribution in [0.2, 0.25) is 0 Å². The van der Waals surface area contributed by atoms with E-state index in [4.69, 9.17) is 4.74 Å². The Morgan fingerprint density at radius 3 is 2.52 bits per heavy atom. The fraction of sp³-hybridized carbons (Fsp3) is 0.727. The number of unbranched alkanes of at least 4 members (excludes halogenated alkanes) is 2. The van der Waals surface area contributed by atoms with Crippen LogP contribution in [0.1, 0.15) is 78.6 Å². The van der Waals surface area contributed by atoms with Crippen molar-refractivity contribution in [1.82, 2.24) is 10.2 Å². The number of carbonyl (C=O) groups excluding carboxylic acids is 2. The highest BCUT2D eigenvalue weighted by atomic mass is 16.6. The van der Waals surface area contributed by atoms with E-state index in [2.05, 4.69) is 23.5 Å². The summed E-state index contributed by atoms with van der Waals surface area (Å²) in [7, 11) is 0. The molecule has 0 aromatic carbocycles. The van der Waals surface area contributed by atoms with Crippen LogP contribution in [-0.2, 0) is 9.53 Å². The maximum atomic E-state index is 12.1. The lowest BCUT2D eigenvalue weighted by molar-refractivity contribution is -0.122. The Morgan fingerprint density at radius 2 is 1.89 bits per heavy atom. The van der Waals surface area contributed by atoms with Gasteiger partial charge in [-0.25, -0.2) is 4.79 Å². The van der Waals surface area contributed by atoms with Gasteiger partial charge in [-0.2, -0.15) is 0 Å². The predicted octanol–water partition coefficient (Wildman–Crippen LogP) is 4.73. The number of likely N-dealkylation sites (tertiary alicyclic amines) is 1. The molecule has 1 N–H and O–H groups in total. The first-order valence-corrected chi connectivity index (χ1v) is 10.5. The molecular formula is C22H36N2O3. The van der Waals surface area contributed by atoms with Crippen molar-refractivity contribution in [2.45, 2.75) is 90.2 Å². The summed E-state index contributed by atoms with van der Waals surface area (Å²) in [6, 6.07) is 0.175. The van der Waals surface area contributed by atoms with Gasteiger partial charge in [0.25, 0.3) is 0 Å². The number of hydrogen-bond donors (Lipinski definition) is 1. The lowest BCUT2D eigenvalue weighted by Gasteiger charge is -2.33. The summed E-state index contributed by atoms with van der Waals surface area (Å²) in [6.07, 6.45) is 15.4. The third-order valence-electron chi connectivity index (χ3n) is 4.95. The Bertz CT molecular complexity index is 552. The molecular weight excluding hydrogens is 340 g/mol. The van der Waals surface area contributed by atoms with Gasteiger partial charge in [0.1, 0.15) is 5.60 Å². The van der Waals surface area contributed by atoms with Crippen LogP contribution in [0.4, 0.5) is 4.79 Å². The fourth-order valence-electron chi connectivity index (χ4n) is 3.48. The van der Waals surface area contributed by atoms with E-state index in [1.807, 2.05) is 20.8 Å². The molecule has 27 heavy (non-hydrogen) atoms. The van der Waals surface area contributed by atoms with Crippen molar-refractivity contribution in [3.63, 3.8) is 0 Å². The quantitative estimate of drug-likeness (QED) is 0.654. The molecule has 0 unspecified atom stereocenters. The van der Waals surface area contributed by atoms with Crippen molar-refractivity contribution in [3.8, 4) is 0 Å². The van der Waals surface area contributed by atoms with Gasteiger partial charge < -0.3 is 15.0 Å². The monoisotopic (exact) mass is 376 g/mol. The largest absolute Gasteiger partial charge is 0.444 e. The zero-order valence-corrected chi connectivity index (χ0v) is 17.3. The Labute approximate surface area is 164 Å². The standard InChI is InChI=1S/C22H36N2O3/c1-22(2,3)27-21(26)24-16-14-19(15-17-24)23-20(25)13-9-5-8-12-18-10-6-4-7-11-18/h6,10-11,19H,4-5,7-9,12-17H2,1-3H3,(H,23,25). The normalized spacial score (nSPS) is 18.2. The molecule has 2 amide bonds. The maximum absolute atomic E-state index is 12.1. The maximum Gasteiger partial charge on any atom is 0.410 e. The number of allylic oxidation sites excluding steroid dienone is 4. The second-order valence-electron chi connectivity index (χ2n) is 8.63. The molecule has 0 aromatic rings. The van der Waals surface area contributed by atoms with Crippen molar-refractivity contribution in [2.75, 3.05) is 13.1 Å². The number of carbonyl (C=O) groups is 2. The number of nitrogens with zero attached hydrogens (tertiary/aromatic N) is 1. The predicted molar refractivity (Wildman–Crippen MR) is 109 cm³/mol. The number of hydrogen-bond acceptors (Lipinski definition) is 3. The summed E-state index contributed by atoms with van der Waals surface area (Å²) in [6.45, 7) is 6.91. The Morgan fingerprint density at radius 1 is 1.15 bits per heavy atom. The van der Waals surface area contributed by atoms with E-state index in [9.17, 15) is 9.59 Å². The number of piperidine rings is 1. The highest BCUT2D eigenvalue weighted by molar-refractivity contribution is 5.76. The molecule has 5 nitrogen and oxygen atoms in total. The van der Waals surface area contributed by atoms with Crippen LogP contribution in [0.3, 0.4) is 0 Å². The first-order chi connectivity index (χ1) is 12.8. The summed E-state index contributed by atoms with van der Waals surface area (Å²) in [5, 5.41) is 3.13. The number of amides is 2. The molecule has 0 radical (unpaired) electrons. The molecule has 1 fully saturated rings. The summed E-state index contributed by atoms with van der Waals surface area (Å²) >= 11 is 0. The lowest BCUT2D eigenvalue weighted by Crippen LogP contribution is -2.47. The van der Waals surface area contributed by atoms with E-state index >= 15 is 0 Å². The Kier molecular flexibility index (Phi) is 8.39. The van der Waals surface area contributed by atoms with Crippen molar-refractivity contribution in [1.29, 1.82) is 0 Å². The zero-order valence-electron chi connectivity index (χ0n) is 17.3. The highest BCUT2D eigenvalue weighted by Crippen LogP contribution is 2.18. The van der Waals surface area contributed by atoms with Crippen LogP contribution in [0.25, 0.3) is 0 Å². The molecule has 0 saturated carbocycles. The third kappa shape index (κ3) is 8.63. The van der Waals surface area contributed by atoms with Gasteiger partial charge in [-0.1, -0.05) is 30.2 Å². The Hall–Kier alpha value is -1.78. The molecule has 152 valence electrons. The van der Waals surface area contributed by atoms with Crippen LogP contribution in [-0.4, -0.2) is 41.6 Å². The van der Waals surface area contributed by atoms with Gasteiger partial charge >= 0.3 is 6.09 Å². The van der Waals surface area contributed by atoms with Crippen LogP contribution in [0, 0.1) is 0 Å². The summed E-state index contributed by atoms with van der Waals surface area (Å²) in [4.78, 5) is 25.9. The molecule has 0 atom stereocenters. The van der Waals surface area contributed by atoms with Crippen LogP contribution in [0.5, 0.6) is 0 Å². The lowest BCUT2D eigenvalue weighted by atomic mass is 10.0. The van der Waals surface area contributed by atoms with Gasteiger partial charge in [-0.3, -0.25) is 4.79 Å². The number of nitrogens with one attached hydrogen (secondary N) is 1. The molecule has 2 aliphatic rings. The van der Waals surface area contributed by atoms with Crippen molar-refractivity contribution in [2.24, 2.45) is 0 Å². The smallest absolute Gasteiger partial charge is 0.410 e. The fourth-order valence-corrected chi connectivity index (χ4v) is 3.48. The van der Waals surface area contributed by atoms with Crippen molar-refractivity contribution in [3.05, 3.63) is 23.8 Å². The van der Waals surface area contributed by atoms with Gasteiger partial charge in [-0.05, 0) is 65.7 Å². The SMILES string of the molecule is CC(C)(C)OC(=O)N1CCC(NC(=O)CCCCCC2=CCCC=C2)CC1. The number of rotatable bonds is 7. The van der Waals surface area contributed by atoms with Crippen LogP contribution >= 0.6 is 0 Å². The summed E-state index contributed by atoms with van der Waals surface area (Å²) in [5.74, 6) is 0.141. The summed E-state index contributed by atoms with van der Waals surface area (Å²) < 4.78 is 5.40. The molecule has 1 aliphatic heterocycles. The van der Waals surface area contributed by atoms with E-state index in [1.54, 1.807) is 4.90 Å². The third-order valence-corrected chi connectivity index (χ3v) is 4.95. The first-order valence-electron chi connectivity index (χ1n) is 10.5. The van der Waals surface area contributed by atoms with E-state index in [1.165, 1.54) is 18.4 Å². The minimum absolute atomic E-state index is 0.141. The zero-order chi connectivity index (χ0) is 19.7. The highest BCUT2D eigenvalue weighted by Gasteiger charge is 2.27. The minimum atomic E-state index is -0.466. The summed E-state index contributed by atoms with van der Waals surface area (Å²) in [5.41, 5.74) is 0.980. The van der Waals surface area contributed by atoms with E-state index in [-0.39, 0.29) is 18.0 Å². The second-order valence-corrected chi connectivity index (χ2v) is 8.63. The van der Waals surface area contributed by atoms with E-state index in [0.29, 0.717) is 19.5 Å². The minimum Gasteiger partial charge on any atom is -0.444 e. The van der Waals surface area contributed by atoms with Crippen molar-refractivity contribution >= 4 is 12.0 Å². The topological polar surface area (TPSA) is 58.6 Å². The van der Waals surface area contributed by atoms with Gasteiger partial charge in [0.05, 0.1) is 0 Å². The molecule has 2 rings (SSSR count). The second kappa shape index (κ2) is 10.5. The number of ether oxygens (including phenoxy) is 1. The van der Waals surface area contributed by atoms with Gasteiger partial charge in [-0.15, -0.1) is 0 Å². The first kappa shape index (κ1) is 21.5. The molecule has 0 spiro atoms. The van der Waals surface area contributed by atoms with E-state index < -0.39 is 5.60 Å². The van der Waals surface area contributed by atoms with Gasteiger partial charge in [0.2, 0.25) is 5.91 Å². The molecule has 0 bridgehead atoms. The van der Waals surface area contributed by atoms with Gasteiger partial charge in [0, 0.05) is 25.6 Å². The Balaban J connectivity index is 1.54. The molecule has 1 aliphatic carbocycles. The average Bonchev–Trinajstić information content (AvgIpc) is 2.61. The average molecular weight is 377 g/mol. The van der Waals surface area contributed by atoms with Crippen LogP contribution in [0.15, 0.2) is 23.8 Å². The van der Waals surface area contributed by atoms with E-state index in [0.717, 1.165) is 38.5 Å². The molecule has 0 aromatic heterocycles. The molecule has 1 saturated heterocycles. The molecule has 1 heterocycles.